The van der Waals surface area contributed by atoms with Crippen molar-refractivity contribution >= 4 is 17.7 Å². The maximum Gasteiger partial charge on any atom is 0.255 e. The summed E-state index contributed by atoms with van der Waals surface area (Å²) in [5.41, 5.74) is 1.24. The molecule has 2 aromatic heterocycles. The van der Waals surface area contributed by atoms with Gasteiger partial charge in [0.15, 0.2) is 0 Å². The molecule has 0 bridgehead atoms. The van der Waals surface area contributed by atoms with Crippen LogP contribution in [0.3, 0.4) is 0 Å². The third-order valence-electron chi connectivity index (χ3n) is 2.59. The van der Waals surface area contributed by atoms with Crippen LogP contribution in [0.15, 0.2) is 33.9 Å². The molecule has 21 heavy (non-hydrogen) atoms. The predicted octanol–water partition coefficient (Wildman–Crippen LogP) is 2.31. The van der Waals surface area contributed by atoms with E-state index in [1.54, 1.807) is 25.3 Å². The summed E-state index contributed by atoms with van der Waals surface area (Å²) in [6.07, 6.45) is 1.63. The summed E-state index contributed by atoms with van der Waals surface area (Å²) in [6.45, 7) is 3.45. The Labute approximate surface area is 126 Å². The van der Waals surface area contributed by atoms with Crippen molar-refractivity contribution in [3.63, 3.8) is 0 Å². The van der Waals surface area contributed by atoms with Crippen LogP contribution in [-0.4, -0.2) is 22.1 Å². The summed E-state index contributed by atoms with van der Waals surface area (Å²) in [5, 5.41) is 15.8. The Bertz CT molecular complexity index is 678. The number of thioether (sulfide) groups is 1. The average molecular weight is 302 g/mol. The molecule has 0 radical (unpaired) electrons. The van der Waals surface area contributed by atoms with Gasteiger partial charge in [0.25, 0.3) is 5.91 Å². The molecule has 1 unspecified atom stereocenters. The molecule has 1 amide bonds. The Kier molecular flexibility index (Phi) is 4.95. The maximum atomic E-state index is 12.1. The van der Waals surface area contributed by atoms with Crippen molar-refractivity contribution in [2.75, 3.05) is 0 Å². The van der Waals surface area contributed by atoms with Crippen LogP contribution in [-0.2, 0) is 5.75 Å². The van der Waals surface area contributed by atoms with Gasteiger partial charge >= 0.3 is 0 Å². The van der Waals surface area contributed by atoms with Crippen LogP contribution >= 0.6 is 11.8 Å². The van der Waals surface area contributed by atoms with Crippen molar-refractivity contribution in [1.82, 2.24) is 15.5 Å². The molecule has 2 rings (SSSR count). The molecule has 1 N–H and O–H groups in total. The molecule has 2 heterocycles. The fourth-order valence-corrected chi connectivity index (χ4v) is 2.49. The van der Waals surface area contributed by atoms with Gasteiger partial charge in [-0.2, -0.15) is 5.26 Å². The van der Waals surface area contributed by atoms with Crippen LogP contribution in [0, 0.1) is 18.3 Å². The number of hydrogen-bond donors (Lipinski definition) is 1. The molecule has 108 valence electrons. The predicted molar refractivity (Wildman–Crippen MR) is 77.6 cm³/mol. The van der Waals surface area contributed by atoms with Crippen molar-refractivity contribution in [2.24, 2.45) is 0 Å². The minimum Gasteiger partial charge on any atom is -0.361 e. The summed E-state index contributed by atoms with van der Waals surface area (Å²) in [4.78, 5) is 16.3. The molecule has 0 saturated carbocycles. The van der Waals surface area contributed by atoms with Gasteiger partial charge < -0.3 is 9.84 Å². The number of nitrogens with one attached hydrogen (secondary N) is 1. The highest BCUT2D eigenvalue weighted by molar-refractivity contribution is 7.98. The molecule has 1 atom stereocenters. The third-order valence-corrected chi connectivity index (χ3v) is 3.63. The number of carbonyl (C=O) groups is 1. The number of aryl methyl sites for hydroxylation is 1. The zero-order valence-electron chi connectivity index (χ0n) is 11.7. The molecule has 7 heteroatoms. The third kappa shape index (κ3) is 4.07. The average Bonchev–Trinajstić information content (AvgIpc) is 2.90. The number of nitriles is 1. The largest absolute Gasteiger partial charge is 0.361 e. The van der Waals surface area contributed by atoms with Crippen molar-refractivity contribution in [2.45, 2.75) is 30.7 Å². The van der Waals surface area contributed by atoms with Gasteiger partial charge in [0.2, 0.25) is 0 Å². The molecular weight excluding hydrogens is 288 g/mol. The lowest BCUT2D eigenvalue weighted by Crippen LogP contribution is -2.31. The Balaban J connectivity index is 2.09. The molecule has 0 spiro atoms. The number of amides is 1. The maximum absolute atomic E-state index is 12.1. The fourth-order valence-electron chi connectivity index (χ4n) is 1.61. The topological polar surface area (TPSA) is 91.8 Å². The minimum absolute atomic E-state index is 0.309. The highest BCUT2D eigenvalue weighted by Crippen LogP contribution is 2.24. The Morgan fingerprint density at radius 1 is 1.62 bits per heavy atom. The van der Waals surface area contributed by atoms with E-state index in [0.29, 0.717) is 16.3 Å². The summed E-state index contributed by atoms with van der Waals surface area (Å²) in [6, 6.07) is 6.63. The van der Waals surface area contributed by atoms with Crippen LogP contribution in [0.5, 0.6) is 0 Å². The van der Waals surface area contributed by atoms with E-state index in [0.717, 1.165) is 11.5 Å². The first kappa shape index (κ1) is 15.1. The van der Waals surface area contributed by atoms with Gasteiger partial charge in [0.05, 0.1) is 17.3 Å². The molecule has 0 aliphatic carbocycles. The van der Waals surface area contributed by atoms with Gasteiger partial charge in [-0.25, -0.2) is 4.98 Å². The molecular formula is C14H14N4O2S. The Hall–Kier alpha value is -2.33. The molecule has 6 nitrogen and oxygen atoms in total. The normalized spacial score (nSPS) is 11.7. The standard InChI is InChI=1S/C14H14N4O2S/c1-9(7-15)17-13(19)12-4-3-5-16-14(12)21-8-11-6-10(2)20-18-11/h3-6,9H,8H2,1-2H3,(H,17,19). The zero-order chi connectivity index (χ0) is 15.2. The van der Waals surface area contributed by atoms with Gasteiger partial charge in [-0.15, -0.1) is 0 Å². The van der Waals surface area contributed by atoms with Gasteiger partial charge in [-0.3, -0.25) is 4.79 Å². The quantitative estimate of drug-likeness (QED) is 0.852. The monoisotopic (exact) mass is 302 g/mol. The van der Waals surface area contributed by atoms with Gasteiger partial charge in [-0.05, 0) is 26.0 Å². The van der Waals surface area contributed by atoms with E-state index in [-0.39, 0.29) is 5.91 Å². The highest BCUT2D eigenvalue weighted by Gasteiger charge is 2.15. The number of hydrogen-bond acceptors (Lipinski definition) is 6. The van der Waals surface area contributed by atoms with Crippen molar-refractivity contribution in [3.05, 3.63) is 41.4 Å². The minimum atomic E-state index is -0.547. The lowest BCUT2D eigenvalue weighted by atomic mass is 10.2. The first-order valence-electron chi connectivity index (χ1n) is 6.30. The highest BCUT2D eigenvalue weighted by atomic mass is 32.2. The molecule has 2 aromatic rings. The second-order valence-corrected chi connectivity index (χ2v) is 5.36. The van der Waals surface area contributed by atoms with E-state index in [1.807, 2.05) is 19.1 Å². The Morgan fingerprint density at radius 3 is 3.10 bits per heavy atom. The molecule has 0 aromatic carbocycles. The van der Waals surface area contributed by atoms with Crippen molar-refractivity contribution < 1.29 is 9.32 Å². The number of aromatic nitrogens is 2. The van der Waals surface area contributed by atoms with Gasteiger partial charge in [-0.1, -0.05) is 16.9 Å². The van der Waals surface area contributed by atoms with Crippen LogP contribution in [0.4, 0.5) is 0 Å². The van der Waals surface area contributed by atoms with Crippen LogP contribution in [0.1, 0.15) is 28.7 Å². The Morgan fingerprint density at radius 2 is 2.43 bits per heavy atom. The number of pyridine rings is 1. The van der Waals surface area contributed by atoms with Crippen molar-refractivity contribution in [1.29, 1.82) is 5.26 Å². The van der Waals surface area contributed by atoms with E-state index >= 15 is 0 Å². The second kappa shape index (κ2) is 6.90. The van der Waals surface area contributed by atoms with Crippen LogP contribution < -0.4 is 5.32 Å². The molecule has 0 aliphatic rings. The number of nitrogens with zero attached hydrogens (tertiary/aromatic N) is 3. The van der Waals surface area contributed by atoms with Crippen LogP contribution in [0.25, 0.3) is 0 Å². The first-order chi connectivity index (χ1) is 10.1. The number of rotatable bonds is 5. The van der Waals surface area contributed by atoms with Crippen molar-refractivity contribution in [3.8, 4) is 6.07 Å². The van der Waals surface area contributed by atoms with E-state index in [9.17, 15) is 4.79 Å². The molecule has 0 aliphatic heterocycles. The lowest BCUT2D eigenvalue weighted by molar-refractivity contribution is 0.0944. The first-order valence-corrected chi connectivity index (χ1v) is 7.29. The van der Waals surface area contributed by atoms with E-state index in [2.05, 4.69) is 15.5 Å². The summed E-state index contributed by atoms with van der Waals surface area (Å²) < 4.78 is 5.00. The van der Waals surface area contributed by atoms with Crippen LogP contribution in [0.2, 0.25) is 0 Å². The van der Waals surface area contributed by atoms with Gasteiger partial charge in [0.1, 0.15) is 16.8 Å². The molecule has 0 fully saturated rings. The second-order valence-electron chi connectivity index (χ2n) is 4.40. The molecule has 0 saturated heterocycles. The zero-order valence-corrected chi connectivity index (χ0v) is 12.5. The fraction of sp³-hybridized carbons (Fsp3) is 0.286. The SMILES string of the molecule is Cc1cc(CSc2ncccc2C(=O)NC(C)C#N)no1. The smallest absolute Gasteiger partial charge is 0.255 e. The summed E-state index contributed by atoms with van der Waals surface area (Å²) in [7, 11) is 0. The van der Waals surface area contributed by atoms with E-state index in [1.165, 1.54) is 11.8 Å². The summed E-state index contributed by atoms with van der Waals surface area (Å²) in [5.74, 6) is 0.992. The van der Waals surface area contributed by atoms with E-state index in [4.69, 9.17) is 9.78 Å². The van der Waals surface area contributed by atoms with E-state index < -0.39 is 6.04 Å². The summed E-state index contributed by atoms with van der Waals surface area (Å²) >= 11 is 1.40. The van der Waals surface area contributed by atoms with Gasteiger partial charge in [0, 0.05) is 18.0 Å². The number of carbonyl (C=O) groups excluding carboxylic acids is 1. The lowest BCUT2D eigenvalue weighted by Gasteiger charge is -2.09.